The van der Waals surface area contributed by atoms with Crippen molar-refractivity contribution in [1.82, 2.24) is 0 Å². The first kappa shape index (κ1) is 70.3. The molecule has 0 saturated carbocycles. The van der Waals surface area contributed by atoms with Crippen molar-refractivity contribution in [1.29, 1.82) is 0 Å². The SMILES string of the molecule is CC/C=C\C/C=C\C/C=C\C/C=C\CCCCC(=O)OC(COC(=O)CCCCCCC/C=C\CCCCC)COC(=O)CCCCCCCCCCCCCCCC/C=C\C/C=C\C/C=C\CCCCCCC. The third-order valence-corrected chi connectivity index (χ3v) is 13.3. The lowest BCUT2D eigenvalue weighted by Gasteiger charge is -2.18. The third-order valence-electron chi connectivity index (χ3n) is 13.3. The fourth-order valence-electron chi connectivity index (χ4n) is 8.61. The van der Waals surface area contributed by atoms with Crippen LogP contribution in [-0.4, -0.2) is 37.2 Å². The third kappa shape index (κ3) is 59.2. The highest BCUT2D eigenvalue weighted by Gasteiger charge is 2.19. The highest BCUT2D eigenvalue weighted by molar-refractivity contribution is 5.71. The number of carbonyl (C=O) groups is 3. The van der Waals surface area contributed by atoms with Crippen LogP contribution < -0.4 is 0 Å². The number of carbonyl (C=O) groups excluding carboxylic acids is 3. The topological polar surface area (TPSA) is 78.9 Å². The van der Waals surface area contributed by atoms with Gasteiger partial charge in [-0.3, -0.25) is 14.4 Å². The summed E-state index contributed by atoms with van der Waals surface area (Å²) in [6.45, 7) is 6.46. The molecular formula is C68H116O6. The Labute approximate surface area is 457 Å². The molecule has 0 aliphatic heterocycles. The predicted octanol–water partition coefficient (Wildman–Crippen LogP) is 21.3. The summed E-state index contributed by atoms with van der Waals surface area (Å²) in [5.41, 5.74) is 0. The number of ether oxygens (including phenoxy) is 3. The molecule has 0 bridgehead atoms. The molecule has 0 N–H and O–H groups in total. The van der Waals surface area contributed by atoms with Crippen molar-refractivity contribution in [3.63, 3.8) is 0 Å². The van der Waals surface area contributed by atoms with Crippen LogP contribution in [-0.2, 0) is 28.6 Å². The van der Waals surface area contributed by atoms with Gasteiger partial charge in [-0.2, -0.15) is 0 Å². The zero-order chi connectivity index (χ0) is 53.6. The molecule has 6 heteroatoms. The number of rotatable bonds is 56. The summed E-state index contributed by atoms with van der Waals surface area (Å²) in [6.07, 6.45) is 82.8. The molecule has 0 heterocycles. The van der Waals surface area contributed by atoms with E-state index in [-0.39, 0.29) is 37.5 Å². The highest BCUT2D eigenvalue weighted by atomic mass is 16.6. The normalized spacial score (nSPS) is 12.7. The van der Waals surface area contributed by atoms with Gasteiger partial charge in [-0.15, -0.1) is 0 Å². The van der Waals surface area contributed by atoms with Crippen LogP contribution in [0.1, 0.15) is 297 Å². The van der Waals surface area contributed by atoms with Gasteiger partial charge in [0, 0.05) is 19.3 Å². The summed E-state index contributed by atoms with van der Waals surface area (Å²) in [5, 5.41) is 0. The van der Waals surface area contributed by atoms with Gasteiger partial charge in [0.2, 0.25) is 0 Å². The summed E-state index contributed by atoms with van der Waals surface area (Å²) >= 11 is 0. The van der Waals surface area contributed by atoms with Crippen molar-refractivity contribution in [3.8, 4) is 0 Å². The minimum atomic E-state index is -0.803. The fraction of sp³-hybridized carbons (Fsp3) is 0.721. The van der Waals surface area contributed by atoms with Gasteiger partial charge in [0.05, 0.1) is 0 Å². The average molecular weight is 1030 g/mol. The predicted molar refractivity (Wildman–Crippen MR) is 320 cm³/mol. The van der Waals surface area contributed by atoms with Crippen LogP contribution in [0.2, 0.25) is 0 Å². The molecule has 0 aliphatic rings. The molecule has 1 atom stereocenters. The average Bonchev–Trinajstić information content (AvgIpc) is 3.40. The minimum Gasteiger partial charge on any atom is -0.462 e. The van der Waals surface area contributed by atoms with E-state index < -0.39 is 6.10 Å². The van der Waals surface area contributed by atoms with Crippen LogP contribution >= 0.6 is 0 Å². The maximum absolute atomic E-state index is 12.8. The molecule has 6 nitrogen and oxygen atoms in total. The zero-order valence-corrected chi connectivity index (χ0v) is 48.6. The summed E-state index contributed by atoms with van der Waals surface area (Å²) in [7, 11) is 0. The highest BCUT2D eigenvalue weighted by Crippen LogP contribution is 2.16. The molecule has 0 radical (unpaired) electrons. The standard InChI is InChI=1S/C68H116O6/c1-4-7-10-13-16-19-22-25-27-28-29-30-31-32-33-34-35-36-37-38-39-40-42-43-46-49-52-55-58-61-67(70)73-64-65(63-72-66(69)60-57-54-51-48-45-24-21-18-15-12-9-6-3)74-68(71)62-59-56-53-50-47-44-41-26-23-20-17-14-11-8-5-2/h8,11,17-18,20-22,25-26,28-29,31-32,41,47,50,65H,4-7,9-10,12-16,19,23-24,27,30,33-40,42-46,48-49,51-64H2,1-3H3/b11-8-,20-17-,21-18-,25-22-,29-28-,32-31-,41-26-,50-47-. The number of esters is 3. The van der Waals surface area contributed by atoms with Crippen LogP contribution in [0.25, 0.3) is 0 Å². The summed E-state index contributed by atoms with van der Waals surface area (Å²) < 4.78 is 16.8. The van der Waals surface area contributed by atoms with E-state index in [1.807, 2.05) is 0 Å². The van der Waals surface area contributed by atoms with E-state index >= 15 is 0 Å². The molecular weight excluding hydrogens is 913 g/mol. The van der Waals surface area contributed by atoms with E-state index in [4.69, 9.17) is 14.2 Å². The van der Waals surface area contributed by atoms with Crippen molar-refractivity contribution in [2.75, 3.05) is 13.2 Å². The Morgan fingerprint density at radius 2 is 0.527 bits per heavy atom. The van der Waals surface area contributed by atoms with Gasteiger partial charge in [-0.05, 0) is 122 Å². The lowest BCUT2D eigenvalue weighted by Crippen LogP contribution is -2.30. The molecule has 0 rings (SSSR count). The number of allylic oxidation sites excluding steroid dienone is 16. The van der Waals surface area contributed by atoms with Gasteiger partial charge >= 0.3 is 17.9 Å². The van der Waals surface area contributed by atoms with E-state index in [1.54, 1.807) is 0 Å². The largest absolute Gasteiger partial charge is 0.462 e. The van der Waals surface area contributed by atoms with Gasteiger partial charge in [0.1, 0.15) is 13.2 Å². The van der Waals surface area contributed by atoms with Gasteiger partial charge in [0.25, 0.3) is 0 Å². The minimum absolute atomic E-state index is 0.0965. The second-order valence-electron chi connectivity index (χ2n) is 20.6. The van der Waals surface area contributed by atoms with Crippen molar-refractivity contribution in [2.24, 2.45) is 0 Å². The monoisotopic (exact) mass is 1030 g/mol. The van der Waals surface area contributed by atoms with Crippen molar-refractivity contribution in [3.05, 3.63) is 97.2 Å². The molecule has 0 aromatic rings. The molecule has 0 fully saturated rings. The van der Waals surface area contributed by atoms with Gasteiger partial charge in [-0.25, -0.2) is 0 Å². The Kier molecular flexibility index (Phi) is 58.8. The maximum atomic E-state index is 12.8. The van der Waals surface area contributed by atoms with Crippen molar-refractivity contribution >= 4 is 17.9 Å². The summed E-state index contributed by atoms with van der Waals surface area (Å²) in [6, 6.07) is 0. The van der Waals surface area contributed by atoms with Gasteiger partial charge in [0.15, 0.2) is 6.10 Å². The number of hydrogen-bond acceptors (Lipinski definition) is 6. The number of unbranched alkanes of at least 4 members (excludes halogenated alkanes) is 29. The molecule has 0 aromatic heterocycles. The molecule has 1 unspecified atom stereocenters. The first-order valence-electron chi connectivity index (χ1n) is 31.2. The van der Waals surface area contributed by atoms with Gasteiger partial charge < -0.3 is 14.2 Å². The fourth-order valence-corrected chi connectivity index (χ4v) is 8.61. The van der Waals surface area contributed by atoms with E-state index in [0.717, 1.165) is 103 Å². The van der Waals surface area contributed by atoms with Crippen LogP contribution in [0, 0.1) is 0 Å². The molecule has 0 aliphatic carbocycles. The quantitative estimate of drug-likeness (QED) is 0.0261. The first-order valence-corrected chi connectivity index (χ1v) is 31.2. The Bertz CT molecular complexity index is 1460. The molecule has 74 heavy (non-hydrogen) atoms. The molecule has 0 spiro atoms. The summed E-state index contributed by atoms with van der Waals surface area (Å²) in [4.78, 5) is 38.2. The molecule has 0 amide bonds. The van der Waals surface area contributed by atoms with E-state index in [0.29, 0.717) is 19.3 Å². The van der Waals surface area contributed by atoms with Crippen LogP contribution in [0.3, 0.4) is 0 Å². The van der Waals surface area contributed by atoms with Crippen molar-refractivity contribution < 1.29 is 28.6 Å². The lowest BCUT2D eigenvalue weighted by atomic mass is 10.0. The first-order chi connectivity index (χ1) is 36.5. The van der Waals surface area contributed by atoms with E-state index in [9.17, 15) is 14.4 Å². The smallest absolute Gasteiger partial charge is 0.306 e. The van der Waals surface area contributed by atoms with Crippen LogP contribution in [0.15, 0.2) is 97.2 Å². The van der Waals surface area contributed by atoms with Crippen LogP contribution in [0.5, 0.6) is 0 Å². The Balaban J connectivity index is 4.25. The Morgan fingerprint density at radius 1 is 0.284 bits per heavy atom. The summed E-state index contributed by atoms with van der Waals surface area (Å²) in [5.74, 6) is -0.943. The maximum Gasteiger partial charge on any atom is 0.306 e. The lowest BCUT2D eigenvalue weighted by molar-refractivity contribution is -0.167. The zero-order valence-electron chi connectivity index (χ0n) is 48.6. The van der Waals surface area contributed by atoms with E-state index in [1.165, 1.54) is 148 Å². The molecule has 0 saturated heterocycles. The van der Waals surface area contributed by atoms with Gasteiger partial charge in [-0.1, -0.05) is 253 Å². The molecule has 0 aromatic carbocycles. The number of hydrogen-bond donors (Lipinski definition) is 0. The van der Waals surface area contributed by atoms with Crippen LogP contribution in [0.4, 0.5) is 0 Å². The molecule has 424 valence electrons. The van der Waals surface area contributed by atoms with Crippen molar-refractivity contribution in [2.45, 2.75) is 303 Å². The van der Waals surface area contributed by atoms with E-state index in [2.05, 4.69) is 118 Å². The Morgan fingerprint density at radius 3 is 0.892 bits per heavy atom. The Hall–Kier alpha value is -3.67. The second kappa shape index (κ2) is 61.9. The second-order valence-corrected chi connectivity index (χ2v) is 20.6.